The van der Waals surface area contributed by atoms with Gasteiger partial charge in [0, 0.05) is 33.9 Å². The molecular weight excluding hydrogens is 441 g/mol. The van der Waals surface area contributed by atoms with Crippen LogP contribution in [0.4, 0.5) is 5.69 Å². The maximum atomic E-state index is 12.4. The molecule has 0 saturated carbocycles. The Kier molecular flexibility index (Phi) is 5.96. The lowest BCUT2D eigenvalue weighted by molar-refractivity contribution is -0.119. The molecule has 0 saturated heterocycles. The molecule has 0 aliphatic carbocycles. The molecule has 134 valence electrons. The first-order chi connectivity index (χ1) is 12.4. The quantitative estimate of drug-likeness (QED) is 0.736. The standard InChI is InChI=1S/C18H14BrCl2N3O2/c19-12-2-5-14(6-3-12)24-17(25)8-7-16(23-24)18(26)22-10-11-1-4-13(20)9-15(11)21/h1-6,9H,7-8,10H2,(H,22,26). The van der Waals surface area contributed by atoms with Gasteiger partial charge in [-0.25, -0.2) is 5.01 Å². The molecule has 1 heterocycles. The first kappa shape index (κ1) is 18.9. The molecule has 3 rings (SSSR count). The molecule has 0 bridgehead atoms. The number of anilines is 1. The van der Waals surface area contributed by atoms with Crippen LogP contribution in [-0.2, 0) is 16.1 Å². The van der Waals surface area contributed by atoms with E-state index in [4.69, 9.17) is 23.2 Å². The number of hydrogen-bond donors (Lipinski definition) is 1. The van der Waals surface area contributed by atoms with Gasteiger partial charge in [0.1, 0.15) is 5.71 Å². The van der Waals surface area contributed by atoms with E-state index in [9.17, 15) is 9.59 Å². The van der Waals surface area contributed by atoms with Crippen molar-refractivity contribution in [2.75, 3.05) is 5.01 Å². The highest BCUT2D eigenvalue weighted by Crippen LogP contribution is 2.23. The summed E-state index contributed by atoms with van der Waals surface area (Å²) in [6.45, 7) is 0.250. The van der Waals surface area contributed by atoms with Crippen LogP contribution in [-0.4, -0.2) is 17.5 Å². The van der Waals surface area contributed by atoms with E-state index in [1.54, 1.807) is 30.3 Å². The molecule has 2 amide bonds. The molecular formula is C18H14BrCl2N3O2. The fourth-order valence-electron chi connectivity index (χ4n) is 2.44. The van der Waals surface area contributed by atoms with Crippen molar-refractivity contribution >= 4 is 62.3 Å². The Morgan fingerprint density at radius 2 is 1.88 bits per heavy atom. The van der Waals surface area contributed by atoms with Crippen molar-refractivity contribution in [3.05, 3.63) is 62.5 Å². The van der Waals surface area contributed by atoms with Gasteiger partial charge in [0.05, 0.1) is 5.69 Å². The Morgan fingerprint density at radius 3 is 2.58 bits per heavy atom. The van der Waals surface area contributed by atoms with Gasteiger partial charge in [-0.15, -0.1) is 0 Å². The number of hydrazone groups is 1. The van der Waals surface area contributed by atoms with Crippen LogP contribution in [0.2, 0.25) is 10.0 Å². The Morgan fingerprint density at radius 1 is 1.15 bits per heavy atom. The van der Waals surface area contributed by atoms with Crippen LogP contribution in [0.25, 0.3) is 0 Å². The van der Waals surface area contributed by atoms with Gasteiger partial charge in [-0.05, 0) is 42.0 Å². The molecule has 1 aliphatic heterocycles. The molecule has 1 N–H and O–H groups in total. The van der Waals surface area contributed by atoms with Crippen molar-refractivity contribution in [2.45, 2.75) is 19.4 Å². The summed E-state index contributed by atoms with van der Waals surface area (Å²) in [5, 5.41) is 9.29. The summed E-state index contributed by atoms with van der Waals surface area (Å²) >= 11 is 15.3. The molecule has 0 spiro atoms. The molecule has 5 nitrogen and oxygen atoms in total. The first-order valence-electron chi connectivity index (χ1n) is 7.82. The maximum Gasteiger partial charge on any atom is 0.267 e. The fraction of sp³-hybridized carbons (Fsp3) is 0.167. The molecule has 0 radical (unpaired) electrons. The molecule has 8 heteroatoms. The van der Waals surface area contributed by atoms with Gasteiger partial charge in [-0.1, -0.05) is 45.2 Å². The summed E-state index contributed by atoms with van der Waals surface area (Å²) in [4.78, 5) is 24.6. The smallest absolute Gasteiger partial charge is 0.267 e. The fourth-order valence-corrected chi connectivity index (χ4v) is 3.18. The summed E-state index contributed by atoms with van der Waals surface area (Å²) in [6.07, 6.45) is 0.524. The number of benzene rings is 2. The van der Waals surface area contributed by atoms with E-state index in [1.807, 2.05) is 12.1 Å². The minimum atomic E-state index is -0.328. The maximum absolute atomic E-state index is 12.4. The summed E-state index contributed by atoms with van der Waals surface area (Å²) < 4.78 is 0.896. The normalized spacial score (nSPS) is 14.2. The number of nitrogens with zero attached hydrogens (tertiary/aromatic N) is 2. The zero-order chi connectivity index (χ0) is 18.7. The van der Waals surface area contributed by atoms with Crippen LogP contribution < -0.4 is 10.3 Å². The topological polar surface area (TPSA) is 61.8 Å². The van der Waals surface area contributed by atoms with Gasteiger partial charge in [0.15, 0.2) is 0 Å². The van der Waals surface area contributed by atoms with Gasteiger partial charge >= 0.3 is 0 Å². The highest BCUT2D eigenvalue weighted by Gasteiger charge is 2.25. The average molecular weight is 455 g/mol. The number of halogens is 3. The first-order valence-corrected chi connectivity index (χ1v) is 9.37. The number of carbonyl (C=O) groups is 2. The molecule has 0 atom stereocenters. The summed E-state index contributed by atoms with van der Waals surface area (Å²) in [7, 11) is 0. The van der Waals surface area contributed by atoms with E-state index in [0.717, 1.165) is 10.0 Å². The monoisotopic (exact) mass is 453 g/mol. The molecule has 0 fully saturated rings. The van der Waals surface area contributed by atoms with Crippen LogP contribution in [0.3, 0.4) is 0 Å². The second-order valence-electron chi connectivity index (χ2n) is 5.65. The van der Waals surface area contributed by atoms with Gasteiger partial charge in [0.2, 0.25) is 5.91 Å². The molecule has 0 unspecified atom stereocenters. The largest absolute Gasteiger partial charge is 0.347 e. The lowest BCUT2D eigenvalue weighted by atomic mass is 10.1. The Balaban J connectivity index is 1.72. The number of rotatable bonds is 4. The van der Waals surface area contributed by atoms with Crippen LogP contribution >= 0.6 is 39.1 Å². The molecule has 2 aromatic carbocycles. The SMILES string of the molecule is O=C(NCc1ccc(Cl)cc1Cl)C1=NN(c2ccc(Br)cc2)C(=O)CC1. The third kappa shape index (κ3) is 4.44. The number of hydrogen-bond acceptors (Lipinski definition) is 3. The van der Waals surface area contributed by atoms with Crippen molar-refractivity contribution in [1.29, 1.82) is 0 Å². The van der Waals surface area contributed by atoms with Gasteiger partial charge in [-0.2, -0.15) is 5.10 Å². The third-order valence-electron chi connectivity index (χ3n) is 3.82. The lowest BCUT2D eigenvalue weighted by Crippen LogP contribution is -2.38. The van der Waals surface area contributed by atoms with Gasteiger partial charge < -0.3 is 5.32 Å². The Labute approximate surface area is 169 Å². The number of nitrogens with one attached hydrogen (secondary N) is 1. The summed E-state index contributed by atoms with van der Waals surface area (Å²) in [6, 6.07) is 12.2. The van der Waals surface area contributed by atoms with E-state index >= 15 is 0 Å². The average Bonchev–Trinajstić information content (AvgIpc) is 2.62. The highest BCUT2D eigenvalue weighted by atomic mass is 79.9. The van der Waals surface area contributed by atoms with Crippen LogP contribution in [0.5, 0.6) is 0 Å². The molecule has 26 heavy (non-hydrogen) atoms. The van der Waals surface area contributed by atoms with Gasteiger partial charge in [0.25, 0.3) is 5.91 Å². The second-order valence-corrected chi connectivity index (χ2v) is 7.41. The number of carbonyl (C=O) groups excluding carboxylic acids is 2. The Hall–Kier alpha value is -1.89. The van der Waals surface area contributed by atoms with E-state index in [0.29, 0.717) is 27.9 Å². The second kappa shape index (κ2) is 8.20. The van der Waals surface area contributed by atoms with E-state index in [1.165, 1.54) is 5.01 Å². The minimum Gasteiger partial charge on any atom is -0.347 e. The number of amides is 2. The van der Waals surface area contributed by atoms with Crippen LogP contribution in [0, 0.1) is 0 Å². The van der Waals surface area contributed by atoms with E-state index < -0.39 is 0 Å². The summed E-state index contributed by atoms with van der Waals surface area (Å²) in [5.74, 6) is -0.477. The van der Waals surface area contributed by atoms with Crippen molar-refractivity contribution in [3.8, 4) is 0 Å². The minimum absolute atomic E-state index is 0.149. The van der Waals surface area contributed by atoms with Gasteiger partial charge in [-0.3, -0.25) is 9.59 Å². The van der Waals surface area contributed by atoms with E-state index in [-0.39, 0.29) is 24.8 Å². The zero-order valence-electron chi connectivity index (χ0n) is 13.5. The lowest BCUT2D eigenvalue weighted by Gasteiger charge is -2.23. The van der Waals surface area contributed by atoms with Crippen molar-refractivity contribution < 1.29 is 9.59 Å². The van der Waals surface area contributed by atoms with Crippen molar-refractivity contribution in [1.82, 2.24) is 5.32 Å². The van der Waals surface area contributed by atoms with Crippen LogP contribution in [0.1, 0.15) is 18.4 Å². The molecule has 1 aliphatic rings. The zero-order valence-corrected chi connectivity index (χ0v) is 16.6. The van der Waals surface area contributed by atoms with E-state index in [2.05, 4.69) is 26.3 Å². The van der Waals surface area contributed by atoms with Crippen molar-refractivity contribution in [3.63, 3.8) is 0 Å². The van der Waals surface area contributed by atoms with Crippen molar-refractivity contribution in [2.24, 2.45) is 5.10 Å². The predicted molar refractivity (Wildman–Crippen MR) is 107 cm³/mol. The summed E-state index contributed by atoms with van der Waals surface area (Å²) in [5.41, 5.74) is 1.67. The predicted octanol–water partition coefficient (Wildman–Crippen LogP) is 4.56. The highest BCUT2D eigenvalue weighted by molar-refractivity contribution is 9.10. The third-order valence-corrected chi connectivity index (χ3v) is 4.94. The Bertz CT molecular complexity index is 885. The molecule has 0 aromatic heterocycles. The van der Waals surface area contributed by atoms with Crippen LogP contribution in [0.15, 0.2) is 52.0 Å². The molecule has 2 aromatic rings.